The number of nitrogens with two attached hydrogens (primary N) is 1. The van der Waals surface area contributed by atoms with Crippen molar-refractivity contribution in [1.82, 2.24) is 14.8 Å². The number of hydrogen-bond acceptors (Lipinski definition) is 5. The van der Waals surface area contributed by atoms with Gasteiger partial charge >= 0.3 is 0 Å². The van der Waals surface area contributed by atoms with Gasteiger partial charge in [-0.15, -0.1) is 0 Å². The molecule has 1 heterocycles. The van der Waals surface area contributed by atoms with Gasteiger partial charge < -0.3 is 10.5 Å². The van der Waals surface area contributed by atoms with E-state index in [0.29, 0.717) is 22.8 Å². The van der Waals surface area contributed by atoms with Crippen molar-refractivity contribution in [3.8, 4) is 5.75 Å². The van der Waals surface area contributed by atoms with E-state index in [9.17, 15) is 4.79 Å². The van der Waals surface area contributed by atoms with Crippen LogP contribution < -0.4 is 10.5 Å². The first-order chi connectivity index (χ1) is 9.65. The second-order valence-corrected chi connectivity index (χ2v) is 4.45. The molecule has 106 valence electrons. The first-order valence-corrected chi connectivity index (χ1v) is 6.49. The Bertz CT molecular complexity index is 607. The quantitative estimate of drug-likeness (QED) is 0.640. The number of methoxy groups -OCH3 is 1. The van der Waals surface area contributed by atoms with E-state index in [-0.39, 0.29) is 12.2 Å². The van der Waals surface area contributed by atoms with Crippen LogP contribution in [0, 0.1) is 0 Å². The average molecular weight is 274 g/mol. The van der Waals surface area contributed by atoms with Gasteiger partial charge in [0.15, 0.2) is 5.78 Å². The smallest absolute Gasteiger partial charge is 0.172 e. The van der Waals surface area contributed by atoms with Crippen LogP contribution in [-0.2, 0) is 13.0 Å². The van der Waals surface area contributed by atoms with Crippen molar-refractivity contribution in [2.24, 2.45) is 0 Å². The molecular formula is C14H18N4O2. The second kappa shape index (κ2) is 6.18. The van der Waals surface area contributed by atoms with E-state index in [2.05, 4.69) is 10.1 Å². The maximum Gasteiger partial charge on any atom is 0.172 e. The number of nitrogen functional groups attached to an aromatic ring is 1. The van der Waals surface area contributed by atoms with Gasteiger partial charge in [0.05, 0.1) is 13.5 Å². The van der Waals surface area contributed by atoms with Gasteiger partial charge in [0.1, 0.15) is 17.9 Å². The second-order valence-electron chi connectivity index (χ2n) is 4.45. The van der Waals surface area contributed by atoms with Gasteiger partial charge in [0.2, 0.25) is 0 Å². The highest BCUT2D eigenvalue weighted by molar-refractivity contribution is 6.02. The molecule has 0 aliphatic rings. The van der Waals surface area contributed by atoms with Crippen molar-refractivity contribution in [3.05, 3.63) is 35.9 Å². The maximum absolute atomic E-state index is 12.3. The summed E-state index contributed by atoms with van der Waals surface area (Å²) in [5, 5.41) is 4.11. The highest BCUT2D eigenvalue weighted by Gasteiger charge is 2.15. The molecule has 0 atom stereocenters. The summed E-state index contributed by atoms with van der Waals surface area (Å²) in [6.07, 6.45) is 2.58. The molecule has 0 fully saturated rings. The van der Waals surface area contributed by atoms with Gasteiger partial charge in [-0.25, -0.2) is 9.67 Å². The zero-order valence-corrected chi connectivity index (χ0v) is 11.7. The van der Waals surface area contributed by atoms with Gasteiger partial charge in [-0.2, -0.15) is 5.10 Å². The summed E-state index contributed by atoms with van der Waals surface area (Å²) in [6, 6.07) is 5.05. The standard InChI is InChI=1S/C14H18N4O2/c1-3-6-18-14(16-9-17-18)8-13(19)11-7-10(20-2)4-5-12(11)15/h4-5,7,9H,3,6,8,15H2,1-2H3. The summed E-state index contributed by atoms with van der Waals surface area (Å²) in [5.74, 6) is 1.17. The van der Waals surface area contributed by atoms with E-state index < -0.39 is 0 Å². The number of rotatable bonds is 6. The Balaban J connectivity index is 2.21. The Morgan fingerprint density at radius 1 is 1.45 bits per heavy atom. The monoisotopic (exact) mass is 274 g/mol. The maximum atomic E-state index is 12.3. The molecule has 0 saturated carbocycles. The third-order valence-electron chi connectivity index (χ3n) is 3.01. The number of anilines is 1. The van der Waals surface area contributed by atoms with Crippen LogP contribution in [0.3, 0.4) is 0 Å². The average Bonchev–Trinajstić information content (AvgIpc) is 2.87. The molecule has 6 nitrogen and oxygen atoms in total. The first kappa shape index (κ1) is 14.0. The summed E-state index contributed by atoms with van der Waals surface area (Å²) >= 11 is 0. The summed E-state index contributed by atoms with van der Waals surface area (Å²) < 4.78 is 6.86. The number of benzene rings is 1. The molecule has 0 saturated heterocycles. The normalized spacial score (nSPS) is 10.5. The largest absolute Gasteiger partial charge is 0.497 e. The van der Waals surface area contributed by atoms with Crippen LogP contribution in [-0.4, -0.2) is 27.7 Å². The lowest BCUT2D eigenvalue weighted by molar-refractivity contribution is 0.0990. The van der Waals surface area contributed by atoms with Crippen LogP contribution in [0.4, 0.5) is 5.69 Å². The lowest BCUT2D eigenvalue weighted by Gasteiger charge is -2.08. The number of aryl methyl sites for hydroxylation is 1. The predicted molar refractivity (Wildman–Crippen MR) is 75.8 cm³/mol. The number of ketones is 1. The third kappa shape index (κ3) is 2.96. The van der Waals surface area contributed by atoms with E-state index in [1.165, 1.54) is 6.33 Å². The SMILES string of the molecule is CCCn1ncnc1CC(=O)c1cc(OC)ccc1N. The molecule has 0 radical (unpaired) electrons. The van der Waals surface area contributed by atoms with Gasteiger partial charge in [-0.3, -0.25) is 4.79 Å². The van der Waals surface area contributed by atoms with Gasteiger partial charge in [0.25, 0.3) is 0 Å². The van der Waals surface area contributed by atoms with E-state index in [1.807, 2.05) is 6.92 Å². The van der Waals surface area contributed by atoms with E-state index in [1.54, 1.807) is 30.0 Å². The van der Waals surface area contributed by atoms with Crippen molar-refractivity contribution in [3.63, 3.8) is 0 Å². The summed E-state index contributed by atoms with van der Waals surface area (Å²) in [6.45, 7) is 2.80. The molecule has 2 aromatic rings. The van der Waals surface area contributed by atoms with Crippen molar-refractivity contribution in [2.75, 3.05) is 12.8 Å². The lowest BCUT2D eigenvalue weighted by Crippen LogP contribution is -2.13. The van der Waals surface area contributed by atoms with Crippen LogP contribution in [0.5, 0.6) is 5.75 Å². The van der Waals surface area contributed by atoms with Crippen LogP contribution in [0.15, 0.2) is 24.5 Å². The Labute approximate surface area is 117 Å². The molecule has 6 heteroatoms. The molecule has 20 heavy (non-hydrogen) atoms. The summed E-state index contributed by atoms with van der Waals surface area (Å²) in [4.78, 5) is 16.5. The number of ether oxygens (including phenoxy) is 1. The number of carbonyl (C=O) groups excluding carboxylic acids is 1. The Hall–Kier alpha value is -2.37. The molecule has 0 spiro atoms. The van der Waals surface area contributed by atoms with Gasteiger partial charge in [-0.05, 0) is 24.6 Å². The van der Waals surface area contributed by atoms with E-state index in [4.69, 9.17) is 10.5 Å². The van der Waals surface area contributed by atoms with Crippen LogP contribution in [0.25, 0.3) is 0 Å². The predicted octanol–water partition coefficient (Wildman–Crippen LogP) is 1.70. The number of Topliss-reactive ketones (excluding diaryl/α,β-unsaturated/α-hetero) is 1. The molecule has 2 N–H and O–H groups in total. The molecule has 1 aromatic carbocycles. The summed E-state index contributed by atoms with van der Waals surface area (Å²) in [7, 11) is 1.55. The number of nitrogens with zero attached hydrogens (tertiary/aromatic N) is 3. The van der Waals surface area contributed by atoms with Crippen molar-refractivity contribution >= 4 is 11.5 Å². The molecule has 1 aromatic heterocycles. The van der Waals surface area contributed by atoms with Gasteiger partial charge in [-0.1, -0.05) is 6.92 Å². The molecule has 0 aliphatic heterocycles. The molecule has 0 bridgehead atoms. The van der Waals surface area contributed by atoms with Crippen molar-refractivity contribution in [2.45, 2.75) is 26.3 Å². The molecule has 0 amide bonds. The first-order valence-electron chi connectivity index (χ1n) is 6.49. The van der Waals surface area contributed by atoms with Crippen LogP contribution in [0.2, 0.25) is 0 Å². The molecule has 0 aliphatic carbocycles. The van der Waals surface area contributed by atoms with Crippen molar-refractivity contribution < 1.29 is 9.53 Å². The van der Waals surface area contributed by atoms with E-state index >= 15 is 0 Å². The zero-order valence-electron chi connectivity index (χ0n) is 11.7. The number of hydrogen-bond donors (Lipinski definition) is 1. The minimum Gasteiger partial charge on any atom is -0.497 e. The molecule has 2 rings (SSSR count). The lowest BCUT2D eigenvalue weighted by atomic mass is 10.1. The van der Waals surface area contributed by atoms with E-state index in [0.717, 1.165) is 13.0 Å². The molecular weight excluding hydrogens is 256 g/mol. The fraction of sp³-hybridized carbons (Fsp3) is 0.357. The Kier molecular flexibility index (Phi) is 4.34. The van der Waals surface area contributed by atoms with Crippen molar-refractivity contribution in [1.29, 1.82) is 0 Å². The minimum atomic E-state index is -0.0910. The summed E-state index contributed by atoms with van der Waals surface area (Å²) in [5.41, 5.74) is 6.75. The third-order valence-corrected chi connectivity index (χ3v) is 3.01. The Morgan fingerprint density at radius 3 is 2.95 bits per heavy atom. The highest BCUT2D eigenvalue weighted by Crippen LogP contribution is 2.21. The fourth-order valence-electron chi connectivity index (χ4n) is 1.97. The zero-order chi connectivity index (χ0) is 14.5. The minimum absolute atomic E-state index is 0.0910. The fourth-order valence-corrected chi connectivity index (χ4v) is 1.97. The number of aromatic nitrogens is 3. The van der Waals surface area contributed by atoms with Crippen LogP contribution in [0.1, 0.15) is 29.5 Å². The number of carbonyl (C=O) groups is 1. The van der Waals surface area contributed by atoms with Crippen LogP contribution >= 0.6 is 0 Å². The molecule has 0 unspecified atom stereocenters. The van der Waals surface area contributed by atoms with Gasteiger partial charge in [0, 0.05) is 17.8 Å². The Morgan fingerprint density at radius 2 is 2.25 bits per heavy atom. The topological polar surface area (TPSA) is 83.0 Å². The highest BCUT2D eigenvalue weighted by atomic mass is 16.5.